The number of para-hydroxylation sites is 1. The molecule has 0 saturated heterocycles. The SMILES string of the molecule is CCCNC(CSC1CCCCC1)c1ccccc1OC. The molecule has 3 heteroatoms. The van der Waals surface area contributed by atoms with Gasteiger partial charge in [-0.05, 0) is 31.9 Å². The van der Waals surface area contributed by atoms with Gasteiger partial charge in [0.05, 0.1) is 7.11 Å². The molecule has 0 bridgehead atoms. The molecule has 0 aromatic heterocycles. The van der Waals surface area contributed by atoms with Crippen molar-refractivity contribution in [1.82, 2.24) is 5.32 Å². The number of methoxy groups -OCH3 is 1. The van der Waals surface area contributed by atoms with Crippen molar-refractivity contribution in [2.45, 2.75) is 56.7 Å². The molecule has 0 aliphatic heterocycles. The Hall–Kier alpha value is -0.670. The summed E-state index contributed by atoms with van der Waals surface area (Å²) in [5.41, 5.74) is 1.30. The summed E-state index contributed by atoms with van der Waals surface area (Å²) in [5.74, 6) is 2.15. The predicted octanol–water partition coefficient (Wildman–Crippen LogP) is 4.80. The van der Waals surface area contributed by atoms with Gasteiger partial charge in [0.25, 0.3) is 0 Å². The zero-order valence-corrected chi connectivity index (χ0v) is 14.3. The average Bonchev–Trinajstić information content (AvgIpc) is 2.56. The minimum Gasteiger partial charge on any atom is -0.496 e. The van der Waals surface area contributed by atoms with Crippen LogP contribution in [0.2, 0.25) is 0 Å². The standard InChI is InChI=1S/C18H29NOS/c1-3-13-19-17(14-21-15-9-5-4-6-10-15)16-11-7-8-12-18(16)20-2/h7-8,11-12,15,17,19H,3-6,9-10,13-14H2,1-2H3. The minimum absolute atomic E-state index is 0.396. The van der Waals surface area contributed by atoms with Crippen LogP contribution in [0, 0.1) is 0 Å². The lowest BCUT2D eigenvalue weighted by Gasteiger charge is -2.25. The van der Waals surface area contributed by atoms with Gasteiger partial charge in [-0.2, -0.15) is 11.8 Å². The fourth-order valence-corrected chi connectivity index (χ4v) is 4.42. The lowest BCUT2D eigenvalue weighted by Crippen LogP contribution is -2.25. The maximum absolute atomic E-state index is 5.55. The predicted molar refractivity (Wildman–Crippen MR) is 93.4 cm³/mol. The van der Waals surface area contributed by atoms with E-state index in [-0.39, 0.29) is 0 Å². The van der Waals surface area contributed by atoms with Gasteiger partial charge in [-0.1, -0.05) is 44.4 Å². The molecule has 2 rings (SSSR count). The van der Waals surface area contributed by atoms with E-state index >= 15 is 0 Å². The Morgan fingerprint density at radius 2 is 2.00 bits per heavy atom. The number of ether oxygens (including phenoxy) is 1. The second kappa shape index (κ2) is 9.37. The van der Waals surface area contributed by atoms with Crippen LogP contribution in [0.1, 0.15) is 57.1 Å². The summed E-state index contributed by atoms with van der Waals surface area (Å²) in [6, 6.07) is 8.83. The molecule has 21 heavy (non-hydrogen) atoms. The lowest BCUT2D eigenvalue weighted by molar-refractivity contribution is 0.402. The van der Waals surface area contributed by atoms with Gasteiger partial charge in [0.1, 0.15) is 5.75 Å². The van der Waals surface area contributed by atoms with Crippen molar-refractivity contribution >= 4 is 11.8 Å². The Labute approximate surface area is 134 Å². The number of hydrogen-bond acceptors (Lipinski definition) is 3. The van der Waals surface area contributed by atoms with Gasteiger partial charge < -0.3 is 10.1 Å². The first kappa shape index (κ1) is 16.7. The number of thioether (sulfide) groups is 1. The lowest BCUT2D eigenvalue weighted by atomic mass is 10.0. The van der Waals surface area contributed by atoms with Crippen LogP contribution in [-0.2, 0) is 0 Å². The summed E-state index contributed by atoms with van der Waals surface area (Å²) in [6.45, 7) is 3.29. The van der Waals surface area contributed by atoms with Crippen molar-refractivity contribution < 1.29 is 4.74 Å². The molecule has 1 unspecified atom stereocenters. The average molecular weight is 308 g/mol. The van der Waals surface area contributed by atoms with E-state index < -0.39 is 0 Å². The molecule has 0 amide bonds. The molecule has 1 aromatic rings. The van der Waals surface area contributed by atoms with Crippen molar-refractivity contribution in [3.63, 3.8) is 0 Å². The molecule has 1 aromatic carbocycles. The molecule has 1 fully saturated rings. The molecule has 1 aliphatic carbocycles. The van der Waals surface area contributed by atoms with Gasteiger partial charge in [-0.15, -0.1) is 0 Å². The van der Waals surface area contributed by atoms with E-state index in [1.807, 2.05) is 6.07 Å². The minimum atomic E-state index is 0.396. The maximum atomic E-state index is 5.55. The van der Waals surface area contributed by atoms with Crippen molar-refractivity contribution in [1.29, 1.82) is 0 Å². The number of rotatable bonds is 8. The normalized spacial score (nSPS) is 17.6. The van der Waals surface area contributed by atoms with Gasteiger partial charge in [-0.25, -0.2) is 0 Å². The Bertz CT molecular complexity index is 404. The molecule has 2 nitrogen and oxygen atoms in total. The third kappa shape index (κ3) is 5.23. The van der Waals surface area contributed by atoms with E-state index in [0.29, 0.717) is 6.04 Å². The molecule has 0 radical (unpaired) electrons. The fraction of sp³-hybridized carbons (Fsp3) is 0.667. The van der Waals surface area contributed by atoms with E-state index in [0.717, 1.165) is 23.3 Å². The van der Waals surface area contributed by atoms with Crippen LogP contribution in [0.25, 0.3) is 0 Å². The van der Waals surface area contributed by atoms with Gasteiger partial charge in [0, 0.05) is 22.6 Å². The largest absolute Gasteiger partial charge is 0.496 e. The van der Waals surface area contributed by atoms with Gasteiger partial charge in [0.15, 0.2) is 0 Å². The van der Waals surface area contributed by atoms with Crippen LogP contribution in [-0.4, -0.2) is 24.7 Å². The first-order valence-corrected chi connectivity index (χ1v) is 9.38. The summed E-state index contributed by atoms with van der Waals surface area (Å²) in [5, 5.41) is 4.56. The smallest absolute Gasteiger partial charge is 0.123 e. The van der Waals surface area contributed by atoms with Crippen molar-refractivity contribution in [2.24, 2.45) is 0 Å². The topological polar surface area (TPSA) is 21.3 Å². The van der Waals surface area contributed by atoms with Crippen LogP contribution >= 0.6 is 11.8 Å². The molecule has 1 saturated carbocycles. The quantitative estimate of drug-likeness (QED) is 0.745. The van der Waals surface area contributed by atoms with E-state index in [1.54, 1.807) is 7.11 Å². The highest BCUT2D eigenvalue weighted by Gasteiger charge is 2.19. The molecular formula is C18H29NOS. The molecular weight excluding hydrogens is 278 g/mol. The van der Waals surface area contributed by atoms with Crippen molar-refractivity contribution in [3.8, 4) is 5.75 Å². The first-order valence-electron chi connectivity index (χ1n) is 8.33. The highest BCUT2D eigenvalue weighted by molar-refractivity contribution is 7.99. The summed E-state index contributed by atoms with van der Waals surface area (Å²) < 4.78 is 5.55. The first-order chi connectivity index (χ1) is 10.3. The molecule has 1 atom stereocenters. The Balaban J connectivity index is 1.99. The van der Waals surface area contributed by atoms with Gasteiger partial charge in [0.2, 0.25) is 0 Å². The number of benzene rings is 1. The van der Waals surface area contributed by atoms with E-state index in [4.69, 9.17) is 4.74 Å². The van der Waals surface area contributed by atoms with Crippen LogP contribution in [0.4, 0.5) is 0 Å². The third-order valence-corrected chi connectivity index (χ3v) is 5.67. The second-order valence-electron chi connectivity index (χ2n) is 5.84. The molecule has 0 spiro atoms. The summed E-state index contributed by atoms with van der Waals surface area (Å²) in [6.07, 6.45) is 8.23. The maximum Gasteiger partial charge on any atom is 0.123 e. The van der Waals surface area contributed by atoms with Gasteiger partial charge in [-0.3, -0.25) is 0 Å². The Morgan fingerprint density at radius 1 is 1.24 bits per heavy atom. The van der Waals surface area contributed by atoms with Crippen LogP contribution < -0.4 is 10.1 Å². The second-order valence-corrected chi connectivity index (χ2v) is 7.18. The monoisotopic (exact) mass is 307 g/mol. The van der Waals surface area contributed by atoms with Crippen molar-refractivity contribution in [3.05, 3.63) is 29.8 Å². The zero-order valence-electron chi connectivity index (χ0n) is 13.4. The molecule has 1 N–H and O–H groups in total. The summed E-state index contributed by atoms with van der Waals surface area (Å²) in [4.78, 5) is 0. The summed E-state index contributed by atoms with van der Waals surface area (Å²) >= 11 is 2.15. The Morgan fingerprint density at radius 3 is 2.71 bits per heavy atom. The van der Waals surface area contributed by atoms with Crippen LogP contribution in [0.5, 0.6) is 5.75 Å². The van der Waals surface area contributed by atoms with E-state index in [2.05, 4.69) is 42.2 Å². The summed E-state index contributed by atoms with van der Waals surface area (Å²) in [7, 11) is 1.77. The Kier molecular flexibility index (Phi) is 7.45. The highest BCUT2D eigenvalue weighted by atomic mass is 32.2. The number of nitrogens with one attached hydrogen (secondary N) is 1. The van der Waals surface area contributed by atoms with Crippen LogP contribution in [0.15, 0.2) is 24.3 Å². The molecule has 0 heterocycles. The highest BCUT2D eigenvalue weighted by Crippen LogP contribution is 2.33. The third-order valence-electron chi connectivity index (χ3n) is 4.21. The van der Waals surface area contributed by atoms with Gasteiger partial charge >= 0.3 is 0 Å². The van der Waals surface area contributed by atoms with E-state index in [1.165, 1.54) is 44.1 Å². The number of hydrogen-bond donors (Lipinski definition) is 1. The van der Waals surface area contributed by atoms with Crippen LogP contribution in [0.3, 0.4) is 0 Å². The van der Waals surface area contributed by atoms with Crippen molar-refractivity contribution in [2.75, 3.05) is 19.4 Å². The zero-order chi connectivity index (χ0) is 14.9. The fourth-order valence-electron chi connectivity index (χ4n) is 3.00. The molecule has 118 valence electrons. The molecule has 1 aliphatic rings. The van der Waals surface area contributed by atoms with E-state index in [9.17, 15) is 0 Å².